The van der Waals surface area contributed by atoms with E-state index in [1.165, 1.54) is 51.4 Å². The number of allylic oxidation sites excluding steroid dienone is 4. The van der Waals surface area contributed by atoms with Crippen molar-refractivity contribution in [2.24, 2.45) is 0 Å². The third-order valence-electron chi connectivity index (χ3n) is 2.99. The molecule has 0 bridgehead atoms. The van der Waals surface area contributed by atoms with Crippen molar-refractivity contribution < 1.29 is 46.2 Å². The summed E-state index contributed by atoms with van der Waals surface area (Å²) in [7, 11) is -6.00. The predicted octanol–water partition coefficient (Wildman–Crippen LogP) is 5.56. The summed E-state index contributed by atoms with van der Waals surface area (Å²) >= 11 is 0. The maximum atomic E-state index is 9.75. The van der Waals surface area contributed by atoms with E-state index in [1.807, 2.05) is 0 Å². The van der Waals surface area contributed by atoms with Crippen LogP contribution in [0.4, 0.5) is 17.3 Å². The molecule has 0 saturated carbocycles. The summed E-state index contributed by atoms with van der Waals surface area (Å²) in [4.78, 5) is 0. The molecule has 0 aromatic carbocycles. The molecular formula is C16H28BF4O2Rh-. The van der Waals surface area contributed by atoms with Crippen molar-refractivity contribution in [2.75, 3.05) is 26.4 Å². The van der Waals surface area contributed by atoms with Crippen LogP contribution in [0.15, 0.2) is 24.3 Å². The van der Waals surface area contributed by atoms with Gasteiger partial charge in [0.1, 0.15) is 0 Å². The van der Waals surface area contributed by atoms with Gasteiger partial charge in [-0.15, -0.1) is 0 Å². The minimum Gasteiger partial charge on any atom is -0.418 e. The summed E-state index contributed by atoms with van der Waals surface area (Å²) in [5, 5.41) is 0. The minimum atomic E-state index is -6.00. The second-order valence-corrected chi connectivity index (χ2v) is 5.23. The second kappa shape index (κ2) is 19.1. The molecule has 2 aliphatic heterocycles. The molecule has 0 unspecified atom stereocenters. The van der Waals surface area contributed by atoms with Crippen LogP contribution in [-0.4, -0.2) is 33.7 Å². The van der Waals surface area contributed by atoms with E-state index in [0.29, 0.717) is 0 Å². The van der Waals surface area contributed by atoms with Gasteiger partial charge < -0.3 is 26.7 Å². The van der Waals surface area contributed by atoms with Crippen LogP contribution >= 0.6 is 0 Å². The van der Waals surface area contributed by atoms with Crippen molar-refractivity contribution >= 4 is 7.25 Å². The molecule has 24 heavy (non-hydrogen) atoms. The number of rotatable bonds is 0. The van der Waals surface area contributed by atoms with Crippen molar-refractivity contribution in [3.05, 3.63) is 24.3 Å². The maximum absolute atomic E-state index is 9.75. The molecule has 1 aliphatic carbocycles. The molecule has 2 nitrogen and oxygen atoms in total. The van der Waals surface area contributed by atoms with Crippen LogP contribution in [0.25, 0.3) is 0 Å². The normalized spacial score (nSPS) is 21.8. The quantitative estimate of drug-likeness (QED) is 0.278. The van der Waals surface area contributed by atoms with Gasteiger partial charge in [0.2, 0.25) is 0 Å². The molecule has 0 amide bonds. The number of halogens is 4. The Balaban J connectivity index is 0. The summed E-state index contributed by atoms with van der Waals surface area (Å²) in [5.41, 5.74) is 0. The molecule has 3 rings (SSSR count). The zero-order valence-electron chi connectivity index (χ0n) is 14.0. The number of hydrogen-bond acceptors (Lipinski definition) is 2. The molecule has 2 fully saturated rings. The van der Waals surface area contributed by atoms with Crippen molar-refractivity contribution in [1.29, 1.82) is 0 Å². The second-order valence-electron chi connectivity index (χ2n) is 5.23. The Morgan fingerprint density at radius 1 is 0.542 bits per heavy atom. The molecule has 1 radical (unpaired) electrons. The Morgan fingerprint density at radius 2 is 0.750 bits per heavy atom. The molecular weight excluding hydrogens is 414 g/mol. The van der Waals surface area contributed by atoms with Crippen LogP contribution in [0.5, 0.6) is 0 Å². The molecule has 3 aliphatic rings. The van der Waals surface area contributed by atoms with E-state index in [-0.39, 0.29) is 19.5 Å². The summed E-state index contributed by atoms with van der Waals surface area (Å²) in [6.07, 6.45) is 19.1. The standard InChI is InChI=1S/C8H12.2C4H8O.BF4.Rh/c1-2-4-6-8-7-5-3-1;2*1-2-4-5-3-1;2-1(3,4)5;/h1-2,7-8H,3-6H2;2*1-4H2;;/q;;;-1;/b2-1-,8-7-;;;;. The maximum Gasteiger partial charge on any atom is 0.673 e. The smallest absolute Gasteiger partial charge is 0.418 e. The van der Waals surface area contributed by atoms with Gasteiger partial charge in [-0.25, -0.2) is 0 Å². The van der Waals surface area contributed by atoms with Crippen LogP contribution in [0, 0.1) is 0 Å². The first kappa shape index (κ1) is 26.0. The largest absolute Gasteiger partial charge is 0.673 e. The van der Waals surface area contributed by atoms with Gasteiger partial charge >= 0.3 is 7.25 Å². The molecule has 0 atom stereocenters. The molecule has 2 heterocycles. The molecule has 0 aromatic heterocycles. The Kier molecular flexibility index (Phi) is 20.8. The fraction of sp³-hybridized carbons (Fsp3) is 0.750. The predicted molar refractivity (Wildman–Crippen MR) is 87.0 cm³/mol. The molecule has 145 valence electrons. The van der Waals surface area contributed by atoms with E-state index in [4.69, 9.17) is 9.47 Å². The fourth-order valence-electron chi connectivity index (χ4n) is 1.88. The Bertz CT molecular complexity index is 248. The third kappa shape index (κ3) is 29.8. The average molecular weight is 442 g/mol. The Labute approximate surface area is 155 Å². The summed E-state index contributed by atoms with van der Waals surface area (Å²) < 4.78 is 48.9. The minimum absolute atomic E-state index is 0. The Morgan fingerprint density at radius 3 is 0.875 bits per heavy atom. The van der Waals surface area contributed by atoms with E-state index in [2.05, 4.69) is 24.3 Å². The van der Waals surface area contributed by atoms with Gasteiger partial charge in [-0.3, -0.25) is 0 Å². The van der Waals surface area contributed by atoms with Crippen molar-refractivity contribution in [1.82, 2.24) is 0 Å². The first-order valence-electron chi connectivity index (χ1n) is 8.33. The first-order valence-corrected chi connectivity index (χ1v) is 8.33. The molecule has 0 aromatic rings. The average Bonchev–Trinajstić information content (AvgIpc) is 3.16. The van der Waals surface area contributed by atoms with Gasteiger partial charge in [0, 0.05) is 45.9 Å². The zero-order chi connectivity index (χ0) is 17.2. The summed E-state index contributed by atoms with van der Waals surface area (Å²) in [6, 6.07) is 0. The Hall–Kier alpha value is -0.192. The van der Waals surface area contributed by atoms with Gasteiger partial charge in [0.15, 0.2) is 0 Å². The van der Waals surface area contributed by atoms with E-state index >= 15 is 0 Å². The van der Waals surface area contributed by atoms with Crippen molar-refractivity contribution in [2.45, 2.75) is 51.4 Å². The topological polar surface area (TPSA) is 18.5 Å². The SMILES string of the molecule is C1=C\CC/C=C\CC/1.C1CCOC1.C1CCOC1.F[B-](F)(F)F.[Rh]. The first-order chi connectivity index (χ1) is 11.0. The van der Waals surface area contributed by atoms with Gasteiger partial charge in [-0.05, 0) is 51.4 Å². The van der Waals surface area contributed by atoms with Gasteiger partial charge in [-0.2, -0.15) is 0 Å². The third-order valence-corrected chi connectivity index (χ3v) is 2.99. The van der Waals surface area contributed by atoms with Gasteiger partial charge in [0.05, 0.1) is 0 Å². The van der Waals surface area contributed by atoms with E-state index in [0.717, 1.165) is 26.4 Å². The van der Waals surface area contributed by atoms with E-state index < -0.39 is 7.25 Å². The number of hydrogen-bond donors (Lipinski definition) is 0. The van der Waals surface area contributed by atoms with Crippen LogP contribution in [-0.2, 0) is 29.0 Å². The number of ether oxygens (including phenoxy) is 2. The molecule has 0 spiro atoms. The van der Waals surface area contributed by atoms with Crippen LogP contribution < -0.4 is 0 Å². The van der Waals surface area contributed by atoms with Crippen molar-refractivity contribution in [3.8, 4) is 0 Å². The van der Waals surface area contributed by atoms with Gasteiger partial charge in [0.25, 0.3) is 0 Å². The van der Waals surface area contributed by atoms with Crippen LogP contribution in [0.3, 0.4) is 0 Å². The monoisotopic (exact) mass is 442 g/mol. The van der Waals surface area contributed by atoms with Crippen LogP contribution in [0.2, 0.25) is 0 Å². The van der Waals surface area contributed by atoms with Gasteiger partial charge in [-0.1, -0.05) is 24.3 Å². The summed E-state index contributed by atoms with van der Waals surface area (Å²) in [6.45, 7) is 4.00. The molecule has 0 N–H and O–H groups in total. The summed E-state index contributed by atoms with van der Waals surface area (Å²) in [5.74, 6) is 0. The molecule has 2 saturated heterocycles. The molecule has 8 heteroatoms. The fourth-order valence-corrected chi connectivity index (χ4v) is 1.88. The van der Waals surface area contributed by atoms with E-state index in [9.17, 15) is 17.3 Å². The zero-order valence-corrected chi connectivity index (χ0v) is 15.7. The van der Waals surface area contributed by atoms with Crippen molar-refractivity contribution in [3.63, 3.8) is 0 Å². The van der Waals surface area contributed by atoms with Crippen LogP contribution in [0.1, 0.15) is 51.4 Å². The van der Waals surface area contributed by atoms with E-state index in [1.54, 1.807) is 0 Å².